The van der Waals surface area contributed by atoms with Crippen molar-refractivity contribution in [2.45, 2.75) is 43.5 Å². The van der Waals surface area contributed by atoms with E-state index in [1.807, 2.05) is 19.1 Å². The highest BCUT2D eigenvalue weighted by atomic mass is 35.5. The third-order valence-corrected chi connectivity index (χ3v) is 8.02. The van der Waals surface area contributed by atoms with Gasteiger partial charge in [-0.1, -0.05) is 35.5 Å². The molecule has 5 rings (SSSR count). The van der Waals surface area contributed by atoms with Crippen LogP contribution in [-0.2, 0) is 17.9 Å². The number of halogens is 3. The van der Waals surface area contributed by atoms with Crippen LogP contribution in [0.3, 0.4) is 0 Å². The Bertz CT molecular complexity index is 1600. The average Bonchev–Trinajstić information content (AvgIpc) is 3.67. The number of nitrogens with one attached hydrogen (secondary N) is 1. The third kappa shape index (κ3) is 7.08. The van der Waals surface area contributed by atoms with Crippen LogP contribution in [0.4, 0.5) is 8.78 Å². The van der Waals surface area contributed by atoms with Crippen LogP contribution in [0.1, 0.15) is 47.7 Å². The number of amides is 1. The van der Waals surface area contributed by atoms with Gasteiger partial charge >= 0.3 is 0 Å². The van der Waals surface area contributed by atoms with Crippen LogP contribution in [0.25, 0.3) is 0 Å². The molecule has 1 saturated carbocycles. The number of nitrogens with zero attached hydrogens (tertiary/aromatic N) is 4. The molecule has 2 unspecified atom stereocenters. The van der Waals surface area contributed by atoms with Gasteiger partial charge in [-0.2, -0.15) is 5.10 Å². The van der Waals surface area contributed by atoms with Crippen LogP contribution in [0, 0.1) is 11.6 Å². The van der Waals surface area contributed by atoms with Crippen molar-refractivity contribution in [2.75, 3.05) is 12.9 Å². The summed E-state index contributed by atoms with van der Waals surface area (Å²) in [5.74, 6) is 0.406. The summed E-state index contributed by atoms with van der Waals surface area (Å²) >= 11 is 7.33. The van der Waals surface area contributed by atoms with Gasteiger partial charge in [0.05, 0.1) is 19.1 Å². The zero-order valence-corrected chi connectivity index (χ0v) is 24.5. The first-order chi connectivity index (χ1) is 20.4. The van der Waals surface area contributed by atoms with E-state index in [2.05, 4.69) is 37.4 Å². The number of aromatic nitrogens is 3. The first-order valence-electron chi connectivity index (χ1n) is 13.2. The summed E-state index contributed by atoms with van der Waals surface area (Å²) in [6.45, 7) is 2.72. The van der Waals surface area contributed by atoms with Crippen LogP contribution in [0.5, 0.6) is 11.5 Å². The maximum absolute atomic E-state index is 13.9. The second-order valence-corrected chi connectivity index (χ2v) is 11.0. The number of rotatable bonds is 12. The molecule has 2 atom stereocenters. The fraction of sp³-hybridized carbons (Fsp3) is 0.267. The summed E-state index contributed by atoms with van der Waals surface area (Å²) in [5, 5.41) is 14.2. The molecule has 1 N–H and O–H groups in total. The Kier molecular flexibility index (Phi) is 9.38. The lowest BCUT2D eigenvalue weighted by Crippen LogP contribution is -2.20. The fourth-order valence-electron chi connectivity index (χ4n) is 4.62. The minimum Gasteiger partial charge on any atom is -0.496 e. The number of carbonyl (C=O) groups is 1. The third-order valence-electron chi connectivity index (χ3n) is 6.80. The molecule has 3 aromatic carbocycles. The number of thioether (sulfide) groups is 1. The van der Waals surface area contributed by atoms with Gasteiger partial charge in [-0.3, -0.25) is 4.79 Å². The molecule has 4 aromatic rings. The number of ether oxygens (including phenoxy) is 2. The van der Waals surface area contributed by atoms with Crippen molar-refractivity contribution in [3.8, 4) is 11.5 Å². The van der Waals surface area contributed by atoms with Crippen molar-refractivity contribution in [3.05, 3.63) is 99.8 Å². The smallest absolute Gasteiger partial charge is 0.250 e. The second kappa shape index (κ2) is 13.3. The standard InChI is InChI=1S/C30H28ClF2N5O3S/c1-3-38-29(24-14-23(24)19-5-7-21(31)8-6-19)36-37-30(38)42-17-28(39)35-34-15-18-4-10-26(40-2)20(12-18)16-41-27-11-9-22(32)13-25(27)33/h4-13,15,23-24H,3,14,16-17H2,1-2H3,(H,35,39). The van der Waals surface area contributed by atoms with Gasteiger partial charge in [0.1, 0.15) is 24.0 Å². The lowest BCUT2D eigenvalue weighted by Gasteiger charge is -2.11. The van der Waals surface area contributed by atoms with E-state index < -0.39 is 11.6 Å². The molecule has 1 aliphatic rings. The lowest BCUT2D eigenvalue weighted by atomic mass is 10.1. The number of hydrogen-bond acceptors (Lipinski definition) is 7. The van der Waals surface area contributed by atoms with Crippen molar-refractivity contribution in [1.82, 2.24) is 20.2 Å². The number of methoxy groups -OCH3 is 1. The number of hydrogen-bond donors (Lipinski definition) is 1. The predicted octanol–water partition coefficient (Wildman–Crippen LogP) is 6.33. The molecule has 12 heteroatoms. The van der Waals surface area contributed by atoms with Gasteiger partial charge in [0.15, 0.2) is 16.7 Å². The summed E-state index contributed by atoms with van der Waals surface area (Å²) in [4.78, 5) is 12.5. The summed E-state index contributed by atoms with van der Waals surface area (Å²) < 4.78 is 40.0. The minimum absolute atomic E-state index is 0.0161. The number of hydrazone groups is 1. The van der Waals surface area contributed by atoms with Crippen molar-refractivity contribution >= 4 is 35.5 Å². The van der Waals surface area contributed by atoms with E-state index in [4.69, 9.17) is 21.1 Å². The zero-order chi connectivity index (χ0) is 29.6. The Morgan fingerprint density at radius 3 is 2.64 bits per heavy atom. The molecular formula is C30H28ClF2N5O3S. The maximum Gasteiger partial charge on any atom is 0.250 e. The lowest BCUT2D eigenvalue weighted by molar-refractivity contribution is -0.118. The molecule has 1 aromatic heterocycles. The molecule has 0 saturated heterocycles. The molecular weight excluding hydrogens is 584 g/mol. The van der Waals surface area contributed by atoms with Gasteiger partial charge in [0.2, 0.25) is 0 Å². The van der Waals surface area contributed by atoms with Crippen LogP contribution < -0.4 is 14.9 Å². The zero-order valence-electron chi connectivity index (χ0n) is 22.9. The van der Waals surface area contributed by atoms with E-state index in [9.17, 15) is 13.6 Å². The monoisotopic (exact) mass is 611 g/mol. The van der Waals surface area contributed by atoms with Crippen LogP contribution in [0.15, 0.2) is 70.9 Å². The maximum atomic E-state index is 13.9. The van der Waals surface area contributed by atoms with Gasteiger partial charge in [-0.15, -0.1) is 10.2 Å². The van der Waals surface area contributed by atoms with Gasteiger partial charge in [-0.25, -0.2) is 14.2 Å². The molecule has 1 fully saturated rings. The van der Waals surface area contributed by atoms with E-state index in [1.165, 1.54) is 36.7 Å². The minimum atomic E-state index is -0.796. The molecule has 42 heavy (non-hydrogen) atoms. The Morgan fingerprint density at radius 2 is 1.90 bits per heavy atom. The molecule has 1 aliphatic carbocycles. The van der Waals surface area contributed by atoms with Gasteiger partial charge in [0, 0.05) is 29.1 Å². The van der Waals surface area contributed by atoms with Gasteiger partial charge in [0.25, 0.3) is 5.91 Å². The summed E-state index contributed by atoms with van der Waals surface area (Å²) in [5.41, 5.74) is 5.05. The van der Waals surface area contributed by atoms with E-state index >= 15 is 0 Å². The quantitative estimate of drug-likeness (QED) is 0.114. The Morgan fingerprint density at radius 1 is 1.12 bits per heavy atom. The van der Waals surface area contributed by atoms with E-state index in [0.29, 0.717) is 45.4 Å². The molecule has 218 valence electrons. The molecule has 0 aliphatic heterocycles. The van der Waals surface area contributed by atoms with Crippen molar-refractivity contribution in [1.29, 1.82) is 0 Å². The molecule has 1 heterocycles. The normalized spacial score (nSPS) is 16.0. The van der Waals surface area contributed by atoms with Crippen LogP contribution in [-0.4, -0.2) is 39.7 Å². The Hall–Kier alpha value is -3.96. The first-order valence-corrected chi connectivity index (χ1v) is 14.6. The molecule has 0 bridgehead atoms. The van der Waals surface area contributed by atoms with Crippen molar-refractivity contribution < 1.29 is 23.0 Å². The predicted molar refractivity (Wildman–Crippen MR) is 157 cm³/mol. The Labute approximate surface area is 251 Å². The van der Waals surface area contributed by atoms with Crippen molar-refractivity contribution in [3.63, 3.8) is 0 Å². The topological polar surface area (TPSA) is 90.6 Å². The highest BCUT2D eigenvalue weighted by molar-refractivity contribution is 7.99. The largest absolute Gasteiger partial charge is 0.496 e. The summed E-state index contributed by atoms with van der Waals surface area (Å²) in [7, 11) is 1.51. The van der Waals surface area contributed by atoms with E-state index in [-0.39, 0.29) is 24.0 Å². The Balaban J connectivity index is 1.14. The molecule has 1 amide bonds. The summed E-state index contributed by atoms with van der Waals surface area (Å²) in [6, 6.07) is 16.2. The molecule has 0 spiro atoms. The van der Waals surface area contributed by atoms with Gasteiger partial charge in [-0.05, 0) is 72.9 Å². The van der Waals surface area contributed by atoms with E-state index in [1.54, 1.807) is 18.2 Å². The van der Waals surface area contributed by atoms with E-state index in [0.717, 1.165) is 24.4 Å². The van der Waals surface area contributed by atoms with Gasteiger partial charge < -0.3 is 14.0 Å². The second-order valence-electron chi connectivity index (χ2n) is 9.60. The molecule has 0 radical (unpaired) electrons. The molecule has 8 nitrogen and oxygen atoms in total. The first kappa shape index (κ1) is 29.5. The van der Waals surface area contributed by atoms with Crippen LogP contribution in [0.2, 0.25) is 5.02 Å². The number of benzene rings is 3. The number of carbonyl (C=O) groups excluding carboxylic acids is 1. The van der Waals surface area contributed by atoms with Crippen LogP contribution >= 0.6 is 23.4 Å². The summed E-state index contributed by atoms with van der Waals surface area (Å²) in [6.07, 6.45) is 2.49. The fourth-order valence-corrected chi connectivity index (χ4v) is 5.55. The highest BCUT2D eigenvalue weighted by Crippen LogP contribution is 2.54. The SMILES string of the molecule is CCn1c(SCC(=O)NN=Cc2ccc(OC)c(COc3ccc(F)cc3F)c2)nnc1C1CC1c1ccc(Cl)cc1. The average molecular weight is 612 g/mol. The highest BCUT2D eigenvalue weighted by Gasteiger charge is 2.43. The van der Waals surface area contributed by atoms with Crippen molar-refractivity contribution in [2.24, 2.45) is 5.10 Å².